The number of aromatic amines is 1. The maximum atomic E-state index is 13.3. The summed E-state index contributed by atoms with van der Waals surface area (Å²) in [5, 5.41) is 17.8. The van der Waals surface area contributed by atoms with Gasteiger partial charge in [-0.3, -0.25) is 9.78 Å². The Bertz CT molecular complexity index is 433. The van der Waals surface area contributed by atoms with Gasteiger partial charge in [-0.05, 0) is 6.42 Å². The van der Waals surface area contributed by atoms with E-state index in [4.69, 9.17) is 5.26 Å². The molecule has 1 heterocycles. The molecule has 0 aliphatic carbocycles. The highest BCUT2D eigenvalue weighted by molar-refractivity contribution is 5.44. The Balaban J connectivity index is 3.41. The molecule has 74 valence electrons. The number of hydrogen-bond donors (Lipinski definition) is 2. The van der Waals surface area contributed by atoms with Crippen LogP contribution in [-0.2, 0) is 0 Å². The number of aromatic nitrogens is 1. The number of rotatable bonds is 2. The SMILES string of the molecule is CCC(F)c1cc(=O)[nH]c(O)c1C#N. The summed E-state index contributed by atoms with van der Waals surface area (Å²) < 4.78 is 13.3. The van der Waals surface area contributed by atoms with Crippen molar-refractivity contribution >= 4 is 0 Å². The van der Waals surface area contributed by atoms with Gasteiger partial charge in [-0.15, -0.1) is 0 Å². The molecule has 1 aromatic rings. The molecule has 0 spiro atoms. The lowest BCUT2D eigenvalue weighted by atomic mass is 10.0. The molecule has 0 amide bonds. The maximum Gasteiger partial charge on any atom is 0.251 e. The van der Waals surface area contributed by atoms with Gasteiger partial charge in [-0.25, -0.2) is 4.39 Å². The molecular formula is C9H9FN2O2. The molecule has 14 heavy (non-hydrogen) atoms. The van der Waals surface area contributed by atoms with E-state index in [9.17, 15) is 14.3 Å². The van der Waals surface area contributed by atoms with Crippen molar-refractivity contribution in [1.29, 1.82) is 5.26 Å². The first-order chi connectivity index (χ1) is 6.60. The first-order valence-corrected chi connectivity index (χ1v) is 4.10. The van der Waals surface area contributed by atoms with Crippen molar-refractivity contribution in [3.05, 3.63) is 27.5 Å². The van der Waals surface area contributed by atoms with Crippen LogP contribution in [0.4, 0.5) is 4.39 Å². The topological polar surface area (TPSA) is 76.9 Å². The molecule has 0 aliphatic heterocycles. The fourth-order valence-corrected chi connectivity index (χ4v) is 1.15. The van der Waals surface area contributed by atoms with Gasteiger partial charge in [0, 0.05) is 11.6 Å². The molecule has 1 unspecified atom stereocenters. The fraction of sp³-hybridized carbons (Fsp3) is 0.333. The second-order valence-corrected chi connectivity index (χ2v) is 2.80. The van der Waals surface area contributed by atoms with E-state index in [1.165, 1.54) is 0 Å². The van der Waals surface area contributed by atoms with Crippen molar-refractivity contribution in [3.8, 4) is 11.9 Å². The van der Waals surface area contributed by atoms with Gasteiger partial charge in [0.05, 0.1) is 0 Å². The van der Waals surface area contributed by atoms with Gasteiger partial charge in [-0.1, -0.05) is 6.92 Å². The van der Waals surface area contributed by atoms with E-state index in [1.807, 2.05) is 4.98 Å². The standard InChI is InChI=1S/C9H9FN2O2/c1-2-7(10)5-3-8(13)12-9(14)6(5)4-11/h3,7H,2H2,1H3,(H2,12,13,14). The number of pyridine rings is 1. The summed E-state index contributed by atoms with van der Waals surface area (Å²) in [7, 11) is 0. The minimum atomic E-state index is -1.40. The second kappa shape index (κ2) is 3.92. The summed E-state index contributed by atoms with van der Waals surface area (Å²) in [6.45, 7) is 1.59. The molecule has 0 aliphatic rings. The summed E-state index contributed by atoms with van der Waals surface area (Å²) in [6.07, 6.45) is -1.25. The van der Waals surface area contributed by atoms with Gasteiger partial charge in [0.25, 0.3) is 5.56 Å². The smallest absolute Gasteiger partial charge is 0.251 e. The van der Waals surface area contributed by atoms with Crippen LogP contribution in [0, 0.1) is 11.3 Å². The van der Waals surface area contributed by atoms with Gasteiger partial charge in [0.1, 0.15) is 17.8 Å². The fourth-order valence-electron chi connectivity index (χ4n) is 1.15. The average molecular weight is 196 g/mol. The Labute approximate surface area is 79.6 Å². The Morgan fingerprint density at radius 1 is 1.79 bits per heavy atom. The van der Waals surface area contributed by atoms with Crippen molar-refractivity contribution in [2.75, 3.05) is 0 Å². The van der Waals surface area contributed by atoms with Crippen LogP contribution in [0.3, 0.4) is 0 Å². The summed E-state index contributed by atoms with van der Waals surface area (Å²) in [5.74, 6) is -0.578. The number of aromatic hydroxyl groups is 1. The maximum absolute atomic E-state index is 13.3. The number of nitrogens with one attached hydrogen (secondary N) is 1. The number of alkyl halides is 1. The van der Waals surface area contributed by atoms with Gasteiger partial charge in [0.2, 0.25) is 5.88 Å². The Hall–Kier alpha value is -1.83. The quantitative estimate of drug-likeness (QED) is 0.749. The summed E-state index contributed by atoms with van der Waals surface area (Å²) in [5.41, 5.74) is -0.886. The Kier molecular flexibility index (Phi) is 2.87. The Morgan fingerprint density at radius 3 is 2.93 bits per heavy atom. The van der Waals surface area contributed by atoms with Crippen molar-refractivity contribution < 1.29 is 9.50 Å². The van der Waals surface area contributed by atoms with Crippen LogP contribution in [0.1, 0.15) is 30.6 Å². The zero-order chi connectivity index (χ0) is 10.7. The highest BCUT2D eigenvalue weighted by atomic mass is 19.1. The minimum absolute atomic E-state index is 0.0590. The van der Waals surface area contributed by atoms with Gasteiger partial charge in [-0.2, -0.15) is 5.26 Å². The molecule has 0 radical (unpaired) electrons. The normalized spacial score (nSPS) is 12.1. The van der Waals surface area contributed by atoms with Crippen LogP contribution in [0.25, 0.3) is 0 Å². The molecular weight excluding hydrogens is 187 g/mol. The second-order valence-electron chi connectivity index (χ2n) is 2.80. The van der Waals surface area contributed by atoms with Crippen LogP contribution < -0.4 is 5.56 Å². The summed E-state index contributed by atoms with van der Waals surface area (Å²) in [6, 6.07) is 2.64. The molecule has 0 saturated carbocycles. The third-order valence-electron chi connectivity index (χ3n) is 1.86. The molecule has 0 aromatic carbocycles. The van der Waals surface area contributed by atoms with E-state index < -0.39 is 17.6 Å². The van der Waals surface area contributed by atoms with Crippen LogP contribution in [0.2, 0.25) is 0 Å². The zero-order valence-corrected chi connectivity index (χ0v) is 7.54. The highest BCUT2D eigenvalue weighted by Crippen LogP contribution is 2.26. The largest absolute Gasteiger partial charge is 0.494 e. The first kappa shape index (κ1) is 10.3. The van der Waals surface area contributed by atoms with Gasteiger partial charge in [0.15, 0.2) is 0 Å². The molecule has 5 heteroatoms. The van der Waals surface area contributed by atoms with Gasteiger partial charge < -0.3 is 5.11 Å². The third-order valence-corrected chi connectivity index (χ3v) is 1.86. The zero-order valence-electron chi connectivity index (χ0n) is 7.54. The number of halogens is 1. The van der Waals surface area contributed by atoms with E-state index in [0.717, 1.165) is 6.07 Å². The molecule has 1 rings (SSSR count). The van der Waals surface area contributed by atoms with E-state index in [0.29, 0.717) is 0 Å². The predicted octanol–water partition coefficient (Wildman–Crippen LogP) is 1.37. The molecule has 0 bridgehead atoms. The van der Waals surface area contributed by atoms with Crippen molar-refractivity contribution in [2.45, 2.75) is 19.5 Å². The number of hydrogen-bond acceptors (Lipinski definition) is 3. The molecule has 4 nitrogen and oxygen atoms in total. The average Bonchev–Trinajstić information content (AvgIpc) is 2.15. The number of H-pyrrole nitrogens is 1. The molecule has 0 saturated heterocycles. The molecule has 2 N–H and O–H groups in total. The van der Waals surface area contributed by atoms with Crippen LogP contribution in [0.15, 0.2) is 10.9 Å². The van der Waals surface area contributed by atoms with Gasteiger partial charge >= 0.3 is 0 Å². The van der Waals surface area contributed by atoms with E-state index in [1.54, 1.807) is 13.0 Å². The van der Waals surface area contributed by atoms with E-state index in [2.05, 4.69) is 0 Å². The lowest BCUT2D eigenvalue weighted by Gasteiger charge is -2.07. The Morgan fingerprint density at radius 2 is 2.43 bits per heavy atom. The van der Waals surface area contributed by atoms with Crippen molar-refractivity contribution in [2.24, 2.45) is 0 Å². The lowest BCUT2D eigenvalue weighted by molar-refractivity contribution is 0.331. The predicted molar refractivity (Wildman–Crippen MR) is 47.6 cm³/mol. The van der Waals surface area contributed by atoms with Crippen LogP contribution in [0.5, 0.6) is 5.88 Å². The minimum Gasteiger partial charge on any atom is -0.494 e. The highest BCUT2D eigenvalue weighted by Gasteiger charge is 2.16. The van der Waals surface area contributed by atoms with E-state index in [-0.39, 0.29) is 17.5 Å². The van der Waals surface area contributed by atoms with E-state index >= 15 is 0 Å². The lowest BCUT2D eigenvalue weighted by Crippen LogP contribution is -2.09. The molecule has 1 atom stereocenters. The van der Waals surface area contributed by atoms with Crippen molar-refractivity contribution in [3.63, 3.8) is 0 Å². The van der Waals surface area contributed by atoms with Crippen LogP contribution in [-0.4, -0.2) is 10.1 Å². The number of nitrogens with zero attached hydrogens (tertiary/aromatic N) is 1. The monoisotopic (exact) mass is 196 g/mol. The third kappa shape index (κ3) is 1.74. The first-order valence-electron chi connectivity index (χ1n) is 4.10. The number of nitriles is 1. The van der Waals surface area contributed by atoms with Crippen molar-refractivity contribution in [1.82, 2.24) is 4.98 Å². The molecule has 0 fully saturated rings. The summed E-state index contributed by atoms with van der Waals surface area (Å²) in [4.78, 5) is 12.9. The summed E-state index contributed by atoms with van der Waals surface area (Å²) >= 11 is 0. The molecule has 1 aromatic heterocycles. The van der Waals surface area contributed by atoms with Crippen LogP contribution >= 0.6 is 0 Å².